The Morgan fingerprint density at radius 2 is 1.95 bits per heavy atom. The van der Waals surface area contributed by atoms with Crippen molar-refractivity contribution in [2.75, 3.05) is 13.0 Å². The Balaban J connectivity index is 2.28. The summed E-state index contributed by atoms with van der Waals surface area (Å²) in [7, 11) is 1.58. The van der Waals surface area contributed by atoms with Crippen molar-refractivity contribution >= 4 is 22.8 Å². The number of hydrogen-bond acceptors (Lipinski definition) is 4. The highest BCUT2D eigenvalue weighted by Gasteiger charge is 2.17. The Labute approximate surface area is 127 Å². The van der Waals surface area contributed by atoms with Gasteiger partial charge in [-0.15, -0.1) is 11.6 Å². The highest BCUT2D eigenvalue weighted by atomic mass is 35.5. The van der Waals surface area contributed by atoms with Gasteiger partial charge in [-0.2, -0.15) is 4.98 Å². The molecular weight excluding hydrogens is 288 g/mol. The number of nitrogens with zero attached hydrogens (tertiary/aromatic N) is 4. The van der Waals surface area contributed by atoms with Crippen LogP contribution in [0.3, 0.4) is 0 Å². The van der Waals surface area contributed by atoms with Crippen LogP contribution < -0.4 is 4.74 Å². The second-order valence-electron chi connectivity index (χ2n) is 4.69. The molecule has 108 valence electrons. The molecule has 0 spiro atoms. The summed E-state index contributed by atoms with van der Waals surface area (Å²) in [6.07, 6.45) is 2.13. The molecule has 3 rings (SSSR count). The maximum Gasteiger partial charge on any atom is 0.245 e. The van der Waals surface area contributed by atoms with Gasteiger partial charge in [0.15, 0.2) is 11.2 Å². The van der Waals surface area contributed by atoms with Crippen LogP contribution in [0.25, 0.3) is 16.9 Å². The van der Waals surface area contributed by atoms with E-state index in [4.69, 9.17) is 16.3 Å². The SMILES string of the molecule is COc1ncnc2c1nc(CCCl)n2-c1ccc(C)cc1. The maximum atomic E-state index is 5.90. The highest BCUT2D eigenvalue weighted by molar-refractivity contribution is 6.17. The van der Waals surface area contributed by atoms with Gasteiger partial charge in [0.1, 0.15) is 12.2 Å². The van der Waals surface area contributed by atoms with Crippen molar-refractivity contribution in [1.29, 1.82) is 0 Å². The molecule has 1 aromatic carbocycles. The molecule has 0 unspecified atom stereocenters. The number of halogens is 1. The monoisotopic (exact) mass is 302 g/mol. The molecule has 0 N–H and O–H groups in total. The van der Waals surface area contributed by atoms with E-state index < -0.39 is 0 Å². The van der Waals surface area contributed by atoms with E-state index in [0.29, 0.717) is 23.7 Å². The number of ether oxygens (including phenoxy) is 1. The van der Waals surface area contributed by atoms with Crippen molar-refractivity contribution in [2.24, 2.45) is 0 Å². The number of rotatable bonds is 4. The van der Waals surface area contributed by atoms with Gasteiger partial charge in [-0.25, -0.2) is 9.97 Å². The van der Waals surface area contributed by atoms with Crippen LogP contribution in [0, 0.1) is 6.92 Å². The van der Waals surface area contributed by atoms with Crippen LogP contribution in [0.5, 0.6) is 5.88 Å². The second kappa shape index (κ2) is 5.69. The lowest BCUT2D eigenvalue weighted by Gasteiger charge is -2.08. The molecule has 21 heavy (non-hydrogen) atoms. The number of benzene rings is 1. The number of fused-ring (bicyclic) bond motifs is 1. The topological polar surface area (TPSA) is 52.8 Å². The average Bonchev–Trinajstić information content (AvgIpc) is 2.86. The predicted octanol–water partition coefficient (Wildman–Crippen LogP) is 2.91. The fourth-order valence-corrected chi connectivity index (χ4v) is 2.45. The lowest BCUT2D eigenvalue weighted by Crippen LogP contribution is -2.03. The Kier molecular flexibility index (Phi) is 3.75. The first-order valence-electron chi connectivity index (χ1n) is 6.64. The van der Waals surface area contributed by atoms with Crippen LogP contribution in [-0.4, -0.2) is 32.5 Å². The normalized spacial score (nSPS) is 11.0. The van der Waals surface area contributed by atoms with Crippen LogP contribution in [-0.2, 0) is 6.42 Å². The summed E-state index contributed by atoms with van der Waals surface area (Å²) < 4.78 is 7.27. The fraction of sp³-hybridized carbons (Fsp3) is 0.267. The second-order valence-corrected chi connectivity index (χ2v) is 5.07. The molecule has 2 aromatic heterocycles. The van der Waals surface area contributed by atoms with Crippen LogP contribution in [0.15, 0.2) is 30.6 Å². The molecular formula is C15H15ClN4O. The van der Waals surface area contributed by atoms with Crippen molar-refractivity contribution in [3.05, 3.63) is 42.0 Å². The third-order valence-corrected chi connectivity index (χ3v) is 3.47. The summed E-state index contributed by atoms with van der Waals surface area (Å²) in [6.45, 7) is 2.06. The van der Waals surface area contributed by atoms with Crippen molar-refractivity contribution in [3.8, 4) is 11.6 Å². The first kappa shape index (κ1) is 13.8. The molecule has 0 saturated carbocycles. The Morgan fingerprint density at radius 1 is 1.19 bits per heavy atom. The van der Waals surface area contributed by atoms with Crippen LogP contribution in [0.2, 0.25) is 0 Å². The molecule has 0 fully saturated rings. The zero-order valence-electron chi connectivity index (χ0n) is 11.9. The lowest BCUT2D eigenvalue weighted by molar-refractivity contribution is 0.401. The van der Waals surface area contributed by atoms with E-state index in [-0.39, 0.29) is 0 Å². The van der Waals surface area contributed by atoms with E-state index in [9.17, 15) is 0 Å². The molecule has 0 aliphatic heterocycles. The molecule has 0 radical (unpaired) electrons. The summed E-state index contributed by atoms with van der Waals surface area (Å²) in [5.41, 5.74) is 3.59. The Morgan fingerprint density at radius 3 is 2.62 bits per heavy atom. The minimum atomic E-state index is 0.474. The van der Waals surface area contributed by atoms with Crippen molar-refractivity contribution in [1.82, 2.24) is 19.5 Å². The molecule has 6 heteroatoms. The highest BCUT2D eigenvalue weighted by Crippen LogP contribution is 2.25. The first-order chi connectivity index (χ1) is 10.2. The van der Waals surface area contributed by atoms with Crippen LogP contribution >= 0.6 is 11.6 Å². The predicted molar refractivity (Wildman–Crippen MR) is 82.4 cm³/mol. The number of alkyl halides is 1. The summed E-state index contributed by atoms with van der Waals surface area (Å²) in [5.74, 6) is 1.81. The Bertz CT molecular complexity index is 767. The molecule has 0 amide bonds. The summed E-state index contributed by atoms with van der Waals surface area (Å²) in [5, 5.41) is 0. The van der Waals surface area contributed by atoms with Gasteiger partial charge in [0.05, 0.1) is 7.11 Å². The smallest absolute Gasteiger partial charge is 0.245 e. The number of hydrogen-bond donors (Lipinski definition) is 0. The summed E-state index contributed by atoms with van der Waals surface area (Å²) in [4.78, 5) is 13.1. The largest absolute Gasteiger partial charge is 0.479 e. The van der Waals surface area contributed by atoms with Crippen molar-refractivity contribution in [2.45, 2.75) is 13.3 Å². The maximum absolute atomic E-state index is 5.90. The minimum absolute atomic E-state index is 0.474. The molecule has 0 aliphatic rings. The fourth-order valence-electron chi connectivity index (χ4n) is 2.28. The van der Waals surface area contributed by atoms with Gasteiger partial charge in [-0.05, 0) is 19.1 Å². The number of aryl methyl sites for hydroxylation is 2. The van der Waals surface area contributed by atoms with Crippen molar-refractivity contribution in [3.63, 3.8) is 0 Å². The van der Waals surface area contributed by atoms with Gasteiger partial charge in [0.2, 0.25) is 5.88 Å². The number of methoxy groups -OCH3 is 1. The standard InChI is InChI=1S/C15H15ClN4O/c1-10-3-5-11(6-4-10)20-12(7-8-16)19-13-14(20)17-9-18-15(13)21-2/h3-6,9H,7-8H2,1-2H3. The van der Waals surface area contributed by atoms with E-state index >= 15 is 0 Å². The van der Waals surface area contributed by atoms with Gasteiger partial charge in [-0.1, -0.05) is 17.7 Å². The number of aromatic nitrogens is 4. The molecule has 0 bridgehead atoms. The van der Waals surface area contributed by atoms with Gasteiger partial charge in [-0.3, -0.25) is 4.57 Å². The van der Waals surface area contributed by atoms with Crippen LogP contribution in [0.1, 0.15) is 11.4 Å². The molecule has 3 aromatic rings. The zero-order valence-corrected chi connectivity index (χ0v) is 12.6. The lowest BCUT2D eigenvalue weighted by atomic mass is 10.2. The summed E-state index contributed by atoms with van der Waals surface area (Å²) >= 11 is 5.90. The minimum Gasteiger partial charge on any atom is -0.479 e. The van der Waals surface area contributed by atoms with Gasteiger partial charge in [0, 0.05) is 18.0 Å². The van der Waals surface area contributed by atoms with E-state index in [0.717, 1.165) is 17.2 Å². The zero-order chi connectivity index (χ0) is 14.8. The van der Waals surface area contributed by atoms with Gasteiger partial charge >= 0.3 is 0 Å². The molecule has 2 heterocycles. The molecule has 5 nitrogen and oxygen atoms in total. The van der Waals surface area contributed by atoms with Crippen molar-refractivity contribution < 1.29 is 4.74 Å². The average molecular weight is 303 g/mol. The number of imidazole rings is 1. The van der Waals surface area contributed by atoms with E-state index in [1.54, 1.807) is 7.11 Å². The first-order valence-corrected chi connectivity index (χ1v) is 7.17. The van der Waals surface area contributed by atoms with Gasteiger partial charge < -0.3 is 4.74 Å². The third kappa shape index (κ3) is 2.45. The van der Waals surface area contributed by atoms with E-state index in [2.05, 4.69) is 34.0 Å². The Hall–Kier alpha value is -2.14. The van der Waals surface area contributed by atoms with Crippen LogP contribution in [0.4, 0.5) is 0 Å². The van der Waals surface area contributed by atoms with E-state index in [1.165, 1.54) is 11.9 Å². The third-order valence-electron chi connectivity index (χ3n) is 3.28. The molecule has 0 saturated heterocycles. The quantitative estimate of drug-likeness (QED) is 0.695. The van der Waals surface area contributed by atoms with E-state index in [1.807, 2.05) is 16.7 Å². The summed E-state index contributed by atoms with van der Waals surface area (Å²) in [6, 6.07) is 8.21. The molecule has 0 atom stereocenters. The van der Waals surface area contributed by atoms with Gasteiger partial charge in [0.25, 0.3) is 0 Å². The molecule has 0 aliphatic carbocycles.